The minimum absolute atomic E-state index is 0.123. The smallest absolute Gasteiger partial charge is 0.252 e. The molecule has 0 unspecified atom stereocenters. The molecule has 3 nitrogen and oxygen atoms in total. The summed E-state index contributed by atoms with van der Waals surface area (Å²) in [6.45, 7) is 0.123. The third-order valence-corrected chi connectivity index (χ3v) is 14.4. The van der Waals surface area contributed by atoms with E-state index in [0.717, 1.165) is 23.7 Å². The molecule has 0 spiro atoms. The molecule has 9 aromatic rings. The Balaban J connectivity index is 1.22. The molecule has 240 valence electrons. The Hall–Kier alpha value is -5.35. The van der Waals surface area contributed by atoms with Crippen molar-refractivity contribution >= 4 is 88.4 Å². The standard InChI is InChI=1S/C47H34BN3/c1-2-12-32-29(9-1)35-24-40-42-47(44(35)49-43(32)41-27-20-25-19-26(22-27)23-28(41)21-25)51-39-18-6-4-11-31(39)34-14-8-16-37(46(34)51)48(42)36-15-7-13-33-30-10-3-5-17-38(30)50(40)45(33)36/h1-18,24-28,41H,19-23H2. The third-order valence-electron chi connectivity index (χ3n) is 14.4. The molecule has 4 heteroatoms. The second-order valence-electron chi connectivity index (χ2n) is 16.7. The van der Waals surface area contributed by atoms with E-state index >= 15 is 0 Å². The lowest BCUT2D eigenvalue weighted by molar-refractivity contribution is -0.00354. The summed E-state index contributed by atoms with van der Waals surface area (Å²) in [6, 6.07) is 44.0. The fraction of sp³-hybridized carbons (Fsp3) is 0.213. The number of hydrogen-bond acceptors (Lipinski definition) is 1. The van der Waals surface area contributed by atoms with Gasteiger partial charge < -0.3 is 9.13 Å². The van der Waals surface area contributed by atoms with Crippen molar-refractivity contribution in [3.05, 3.63) is 121 Å². The summed E-state index contributed by atoms with van der Waals surface area (Å²) < 4.78 is 5.24. The zero-order valence-electron chi connectivity index (χ0n) is 28.3. The molecule has 0 radical (unpaired) electrons. The maximum Gasteiger partial charge on any atom is 0.252 e. The summed E-state index contributed by atoms with van der Waals surface area (Å²) in [5, 5.41) is 9.35. The molecule has 5 heterocycles. The van der Waals surface area contributed by atoms with E-state index in [9.17, 15) is 0 Å². The van der Waals surface area contributed by atoms with Gasteiger partial charge in [0.1, 0.15) is 0 Å². The number of pyridine rings is 1. The largest absolute Gasteiger partial charge is 0.310 e. The minimum Gasteiger partial charge on any atom is -0.310 e. The number of hydrogen-bond donors (Lipinski definition) is 0. The molecule has 4 fully saturated rings. The van der Waals surface area contributed by atoms with Crippen molar-refractivity contribution in [1.29, 1.82) is 0 Å². The van der Waals surface area contributed by atoms with Gasteiger partial charge in [-0.3, -0.25) is 0 Å². The number of aromatic nitrogens is 3. The zero-order chi connectivity index (χ0) is 32.7. The molecule has 51 heavy (non-hydrogen) atoms. The number of para-hydroxylation sites is 4. The van der Waals surface area contributed by atoms with E-state index in [1.165, 1.54) is 131 Å². The zero-order valence-corrected chi connectivity index (χ0v) is 28.3. The highest BCUT2D eigenvalue weighted by atomic mass is 15.0. The molecule has 4 bridgehead atoms. The van der Waals surface area contributed by atoms with Gasteiger partial charge in [-0.05, 0) is 95.7 Å². The number of nitrogens with zero attached hydrogens (tertiary/aromatic N) is 3. The SMILES string of the molecule is c1ccc2c(c1)c(C1C3CC4CC(C3)CC1C4)nc1c3c4c(cc12)-n1c2ccccc2c2cccc(c21)B4c1cccc2c4ccccc4n-3c12. The molecule has 4 saturated carbocycles. The van der Waals surface area contributed by atoms with Crippen LogP contribution < -0.4 is 16.4 Å². The normalized spacial score (nSPS) is 23.8. The summed E-state index contributed by atoms with van der Waals surface area (Å²) in [6.07, 6.45) is 7.06. The van der Waals surface area contributed by atoms with E-state index in [4.69, 9.17) is 4.98 Å². The molecule has 0 saturated heterocycles. The van der Waals surface area contributed by atoms with Crippen LogP contribution in [0, 0.1) is 23.7 Å². The van der Waals surface area contributed by atoms with Crippen LogP contribution in [0.1, 0.15) is 43.7 Å². The third kappa shape index (κ3) is 3.03. The molecule has 6 aliphatic rings. The lowest BCUT2D eigenvalue weighted by Crippen LogP contribution is -2.59. The lowest BCUT2D eigenvalue weighted by atomic mass is 9.34. The molecule has 6 aromatic carbocycles. The van der Waals surface area contributed by atoms with Crippen LogP contribution in [0.25, 0.3) is 76.7 Å². The van der Waals surface area contributed by atoms with Gasteiger partial charge in [0.25, 0.3) is 6.71 Å². The van der Waals surface area contributed by atoms with Crippen molar-refractivity contribution in [3.8, 4) is 11.4 Å². The molecule has 0 N–H and O–H groups in total. The summed E-state index contributed by atoms with van der Waals surface area (Å²) in [7, 11) is 0. The first-order valence-electron chi connectivity index (χ1n) is 19.2. The van der Waals surface area contributed by atoms with Crippen molar-refractivity contribution in [2.45, 2.75) is 38.0 Å². The summed E-state index contributed by atoms with van der Waals surface area (Å²) in [4.78, 5) is 6.07. The fourth-order valence-electron chi connectivity index (χ4n) is 12.9. The van der Waals surface area contributed by atoms with E-state index in [-0.39, 0.29) is 6.71 Å². The van der Waals surface area contributed by atoms with Crippen LogP contribution in [-0.2, 0) is 0 Å². The van der Waals surface area contributed by atoms with Gasteiger partial charge in [0.15, 0.2) is 0 Å². The van der Waals surface area contributed by atoms with E-state index in [2.05, 4.69) is 124 Å². The molecule has 0 amide bonds. The Morgan fingerprint density at radius 2 is 1.06 bits per heavy atom. The topological polar surface area (TPSA) is 22.8 Å². The van der Waals surface area contributed by atoms with Crippen LogP contribution in [-0.4, -0.2) is 20.8 Å². The average molecular weight is 652 g/mol. The van der Waals surface area contributed by atoms with Crippen LogP contribution >= 0.6 is 0 Å². The Labute approximate surface area is 295 Å². The summed E-state index contributed by atoms with van der Waals surface area (Å²) in [5.41, 5.74) is 14.7. The van der Waals surface area contributed by atoms with Crippen LogP contribution in [0.4, 0.5) is 0 Å². The van der Waals surface area contributed by atoms with Crippen molar-refractivity contribution in [1.82, 2.24) is 14.1 Å². The predicted molar refractivity (Wildman–Crippen MR) is 212 cm³/mol. The maximum absolute atomic E-state index is 6.07. The Bertz CT molecular complexity index is 3040. The maximum atomic E-state index is 6.07. The van der Waals surface area contributed by atoms with Crippen molar-refractivity contribution in [2.75, 3.05) is 0 Å². The van der Waals surface area contributed by atoms with Gasteiger partial charge in [-0.2, -0.15) is 0 Å². The Morgan fingerprint density at radius 3 is 1.73 bits per heavy atom. The molecule has 4 aliphatic carbocycles. The highest BCUT2D eigenvalue weighted by Crippen LogP contribution is 2.60. The monoisotopic (exact) mass is 651 g/mol. The summed E-state index contributed by atoms with van der Waals surface area (Å²) in [5.74, 6) is 3.96. The van der Waals surface area contributed by atoms with Gasteiger partial charge in [-0.1, -0.05) is 97.1 Å². The minimum atomic E-state index is 0.123. The predicted octanol–water partition coefficient (Wildman–Crippen LogP) is 9.26. The van der Waals surface area contributed by atoms with Crippen LogP contribution in [0.3, 0.4) is 0 Å². The van der Waals surface area contributed by atoms with E-state index in [0.29, 0.717) is 5.92 Å². The number of benzene rings is 6. The lowest BCUT2D eigenvalue weighted by Gasteiger charge is -2.54. The molecule has 3 aromatic heterocycles. The second kappa shape index (κ2) is 8.92. The van der Waals surface area contributed by atoms with Gasteiger partial charge >= 0.3 is 0 Å². The van der Waals surface area contributed by atoms with Gasteiger partial charge in [-0.25, -0.2) is 4.98 Å². The van der Waals surface area contributed by atoms with Crippen LogP contribution in [0.5, 0.6) is 0 Å². The van der Waals surface area contributed by atoms with Crippen LogP contribution in [0.15, 0.2) is 115 Å². The number of fused-ring (bicyclic) bond motifs is 14. The van der Waals surface area contributed by atoms with E-state index in [1.54, 1.807) is 0 Å². The van der Waals surface area contributed by atoms with Crippen molar-refractivity contribution in [2.24, 2.45) is 23.7 Å². The Morgan fingerprint density at radius 1 is 0.510 bits per heavy atom. The van der Waals surface area contributed by atoms with Crippen molar-refractivity contribution in [3.63, 3.8) is 0 Å². The molecular formula is C47H34BN3. The number of rotatable bonds is 1. The van der Waals surface area contributed by atoms with Crippen molar-refractivity contribution < 1.29 is 0 Å². The average Bonchev–Trinajstić information content (AvgIpc) is 3.69. The first-order valence-corrected chi connectivity index (χ1v) is 19.2. The van der Waals surface area contributed by atoms with Gasteiger partial charge in [0.05, 0.1) is 27.9 Å². The van der Waals surface area contributed by atoms with Gasteiger partial charge in [0.2, 0.25) is 0 Å². The highest BCUT2D eigenvalue weighted by molar-refractivity contribution is 7.00. The first-order chi connectivity index (χ1) is 25.3. The molecule has 0 atom stereocenters. The summed E-state index contributed by atoms with van der Waals surface area (Å²) >= 11 is 0. The Kier molecular flexibility index (Phi) is 4.63. The quantitative estimate of drug-likeness (QED) is 0.128. The first kappa shape index (κ1) is 26.5. The van der Waals surface area contributed by atoms with E-state index in [1.807, 2.05) is 0 Å². The fourth-order valence-corrected chi connectivity index (χ4v) is 12.9. The van der Waals surface area contributed by atoms with Gasteiger partial charge in [0, 0.05) is 55.0 Å². The second-order valence-corrected chi connectivity index (χ2v) is 16.7. The van der Waals surface area contributed by atoms with Gasteiger partial charge in [-0.15, -0.1) is 0 Å². The van der Waals surface area contributed by atoms with Crippen LogP contribution in [0.2, 0.25) is 0 Å². The molecule has 15 rings (SSSR count). The van der Waals surface area contributed by atoms with E-state index < -0.39 is 0 Å². The highest BCUT2D eigenvalue weighted by Gasteiger charge is 2.50. The molecular weight excluding hydrogens is 617 g/mol. The molecule has 2 aliphatic heterocycles.